The second-order valence-corrected chi connectivity index (χ2v) is 3.91. The smallest absolute Gasteiger partial charge is 0.340 e. The standard InChI is InChI=1S/C9H7FN2O2S/c1-14-8(13)4-2-7-6(3-5(4)10)12-9(11)15-7/h2-3H,1H3,(H2,11,12). The van der Waals surface area contributed by atoms with Crippen molar-refractivity contribution in [3.05, 3.63) is 23.5 Å². The topological polar surface area (TPSA) is 65.2 Å². The molecule has 0 bridgehead atoms. The summed E-state index contributed by atoms with van der Waals surface area (Å²) in [5.41, 5.74) is 5.81. The van der Waals surface area contributed by atoms with Gasteiger partial charge in [0.1, 0.15) is 5.82 Å². The summed E-state index contributed by atoms with van der Waals surface area (Å²) in [6.45, 7) is 0. The molecule has 6 heteroatoms. The number of fused-ring (bicyclic) bond motifs is 1. The van der Waals surface area contributed by atoms with Crippen LogP contribution in [-0.2, 0) is 4.74 Å². The highest BCUT2D eigenvalue weighted by molar-refractivity contribution is 7.22. The number of halogens is 1. The van der Waals surface area contributed by atoms with Crippen LogP contribution in [0.3, 0.4) is 0 Å². The van der Waals surface area contributed by atoms with E-state index in [2.05, 4.69) is 9.72 Å². The number of nitrogens with two attached hydrogens (primary N) is 1. The number of carbonyl (C=O) groups excluding carboxylic acids is 1. The molecular weight excluding hydrogens is 219 g/mol. The first-order valence-electron chi connectivity index (χ1n) is 4.05. The predicted octanol–water partition coefficient (Wildman–Crippen LogP) is 1.80. The van der Waals surface area contributed by atoms with Gasteiger partial charge in [0.2, 0.25) is 0 Å². The lowest BCUT2D eigenvalue weighted by atomic mass is 10.2. The number of thiazole rings is 1. The highest BCUT2D eigenvalue weighted by atomic mass is 32.1. The Morgan fingerprint density at radius 2 is 2.33 bits per heavy atom. The minimum atomic E-state index is -0.707. The van der Waals surface area contributed by atoms with Crippen molar-refractivity contribution < 1.29 is 13.9 Å². The molecule has 2 N–H and O–H groups in total. The van der Waals surface area contributed by atoms with E-state index in [1.807, 2.05) is 0 Å². The molecule has 0 radical (unpaired) electrons. The van der Waals surface area contributed by atoms with Crippen LogP contribution in [0, 0.1) is 5.82 Å². The van der Waals surface area contributed by atoms with Crippen LogP contribution < -0.4 is 5.73 Å². The number of hydrogen-bond acceptors (Lipinski definition) is 5. The summed E-state index contributed by atoms with van der Waals surface area (Å²) in [7, 11) is 1.20. The maximum atomic E-state index is 13.4. The second kappa shape index (κ2) is 3.47. The zero-order valence-electron chi connectivity index (χ0n) is 7.78. The number of nitrogens with zero attached hydrogens (tertiary/aromatic N) is 1. The van der Waals surface area contributed by atoms with E-state index in [9.17, 15) is 9.18 Å². The van der Waals surface area contributed by atoms with Crippen molar-refractivity contribution in [1.29, 1.82) is 0 Å². The molecule has 0 aliphatic carbocycles. The average molecular weight is 226 g/mol. The van der Waals surface area contributed by atoms with E-state index in [0.717, 1.165) is 0 Å². The molecule has 1 aromatic heterocycles. The molecule has 78 valence electrons. The lowest BCUT2D eigenvalue weighted by Gasteiger charge is -1.99. The van der Waals surface area contributed by atoms with Gasteiger partial charge in [0.25, 0.3) is 0 Å². The fourth-order valence-corrected chi connectivity index (χ4v) is 1.99. The molecule has 2 rings (SSSR count). The third-order valence-electron chi connectivity index (χ3n) is 1.90. The Hall–Kier alpha value is -1.69. The van der Waals surface area contributed by atoms with Gasteiger partial charge in [0.15, 0.2) is 5.13 Å². The maximum Gasteiger partial charge on any atom is 0.340 e. The average Bonchev–Trinajstić information content (AvgIpc) is 2.55. The van der Waals surface area contributed by atoms with Crippen LogP contribution in [-0.4, -0.2) is 18.1 Å². The molecule has 1 aromatic carbocycles. The van der Waals surface area contributed by atoms with E-state index in [0.29, 0.717) is 15.3 Å². The molecule has 0 aliphatic heterocycles. The Bertz CT molecular complexity index is 538. The van der Waals surface area contributed by atoms with Crippen LogP contribution >= 0.6 is 11.3 Å². The van der Waals surface area contributed by atoms with Gasteiger partial charge in [-0.2, -0.15) is 0 Å². The van der Waals surface area contributed by atoms with E-state index >= 15 is 0 Å². The number of esters is 1. The van der Waals surface area contributed by atoms with Crippen LogP contribution in [0.5, 0.6) is 0 Å². The second-order valence-electron chi connectivity index (χ2n) is 2.84. The first kappa shape index (κ1) is 9.85. The maximum absolute atomic E-state index is 13.4. The van der Waals surface area contributed by atoms with Crippen molar-refractivity contribution in [2.24, 2.45) is 0 Å². The van der Waals surface area contributed by atoms with Gasteiger partial charge in [0.05, 0.1) is 22.9 Å². The molecule has 0 amide bonds. The third-order valence-corrected chi connectivity index (χ3v) is 2.75. The molecule has 4 nitrogen and oxygen atoms in total. The molecule has 0 atom stereocenters. The van der Waals surface area contributed by atoms with E-state index in [1.54, 1.807) is 0 Å². The lowest BCUT2D eigenvalue weighted by molar-refractivity contribution is 0.0596. The Labute approximate surface area is 88.5 Å². The van der Waals surface area contributed by atoms with Crippen molar-refractivity contribution >= 4 is 32.7 Å². The summed E-state index contributed by atoms with van der Waals surface area (Å²) in [5.74, 6) is -1.36. The number of ether oxygens (including phenoxy) is 1. The van der Waals surface area contributed by atoms with Crippen molar-refractivity contribution in [3.63, 3.8) is 0 Å². The summed E-state index contributed by atoms with van der Waals surface area (Å²) in [6, 6.07) is 2.57. The molecule has 0 unspecified atom stereocenters. The number of benzene rings is 1. The molecule has 0 spiro atoms. The van der Waals surface area contributed by atoms with E-state index in [-0.39, 0.29) is 5.56 Å². The fraction of sp³-hybridized carbons (Fsp3) is 0.111. The zero-order chi connectivity index (χ0) is 11.0. The van der Waals surface area contributed by atoms with E-state index in [4.69, 9.17) is 5.73 Å². The van der Waals surface area contributed by atoms with Gasteiger partial charge in [-0.05, 0) is 6.07 Å². The van der Waals surface area contributed by atoms with Crippen molar-refractivity contribution in [2.75, 3.05) is 12.8 Å². The fourth-order valence-electron chi connectivity index (χ4n) is 1.23. The van der Waals surface area contributed by atoms with Gasteiger partial charge in [0, 0.05) is 6.07 Å². The number of rotatable bonds is 1. The van der Waals surface area contributed by atoms with E-state index < -0.39 is 11.8 Å². The molecule has 0 aliphatic rings. The van der Waals surface area contributed by atoms with Crippen LogP contribution in [0.15, 0.2) is 12.1 Å². The Kier molecular flexibility index (Phi) is 2.28. The molecule has 0 saturated heterocycles. The van der Waals surface area contributed by atoms with Gasteiger partial charge < -0.3 is 10.5 Å². The van der Waals surface area contributed by atoms with Crippen molar-refractivity contribution in [2.45, 2.75) is 0 Å². The monoisotopic (exact) mass is 226 g/mol. The van der Waals surface area contributed by atoms with Gasteiger partial charge in [-0.3, -0.25) is 0 Å². The number of methoxy groups -OCH3 is 1. The number of nitrogen functional groups attached to an aromatic ring is 1. The molecule has 0 saturated carbocycles. The Morgan fingerprint density at radius 3 is 3.00 bits per heavy atom. The largest absolute Gasteiger partial charge is 0.465 e. The summed E-state index contributed by atoms with van der Waals surface area (Å²) in [6.07, 6.45) is 0. The van der Waals surface area contributed by atoms with Crippen LogP contribution in [0.4, 0.5) is 9.52 Å². The van der Waals surface area contributed by atoms with Crippen LogP contribution in [0.1, 0.15) is 10.4 Å². The lowest BCUT2D eigenvalue weighted by Crippen LogP contribution is -2.03. The first-order chi connectivity index (χ1) is 7.11. The normalized spacial score (nSPS) is 10.5. The number of aromatic nitrogens is 1. The van der Waals surface area contributed by atoms with Crippen LogP contribution in [0.25, 0.3) is 10.2 Å². The van der Waals surface area contributed by atoms with Crippen LogP contribution in [0.2, 0.25) is 0 Å². The molecule has 1 heterocycles. The third kappa shape index (κ3) is 1.63. The predicted molar refractivity (Wildman–Crippen MR) is 55.3 cm³/mol. The van der Waals surface area contributed by atoms with Gasteiger partial charge in [-0.15, -0.1) is 0 Å². The van der Waals surface area contributed by atoms with Crippen molar-refractivity contribution in [1.82, 2.24) is 4.98 Å². The zero-order valence-corrected chi connectivity index (χ0v) is 8.60. The molecule has 2 aromatic rings. The molecule has 15 heavy (non-hydrogen) atoms. The molecular formula is C9H7FN2O2S. The van der Waals surface area contributed by atoms with Gasteiger partial charge >= 0.3 is 5.97 Å². The summed E-state index contributed by atoms with van der Waals surface area (Å²) >= 11 is 1.20. The van der Waals surface area contributed by atoms with E-state index in [1.165, 1.54) is 30.6 Å². The number of hydrogen-bond donors (Lipinski definition) is 1. The number of anilines is 1. The summed E-state index contributed by atoms with van der Waals surface area (Å²) in [4.78, 5) is 15.1. The quantitative estimate of drug-likeness (QED) is 0.753. The highest BCUT2D eigenvalue weighted by Gasteiger charge is 2.14. The molecule has 0 fully saturated rings. The first-order valence-corrected chi connectivity index (χ1v) is 4.87. The Balaban J connectivity index is 2.66. The van der Waals surface area contributed by atoms with Crippen molar-refractivity contribution in [3.8, 4) is 0 Å². The van der Waals surface area contributed by atoms with Gasteiger partial charge in [-0.1, -0.05) is 11.3 Å². The number of carbonyl (C=O) groups is 1. The minimum absolute atomic E-state index is 0.103. The summed E-state index contributed by atoms with van der Waals surface area (Å²) in [5, 5.41) is 0.339. The summed E-state index contributed by atoms with van der Waals surface area (Å²) < 4.78 is 18.5. The SMILES string of the molecule is COC(=O)c1cc2sc(N)nc2cc1F. The highest BCUT2D eigenvalue weighted by Crippen LogP contribution is 2.26. The van der Waals surface area contributed by atoms with Gasteiger partial charge in [-0.25, -0.2) is 14.2 Å². The minimum Gasteiger partial charge on any atom is -0.465 e. The Morgan fingerprint density at radius 1 is 1.60 bits per heavy atom.